The normalized spacial score (nSPS) is 16.9. The minimum Gasteiger partial charge on any atom is -0.465 e. The van der Waals surface area contributed by atoms with Gasteiger partial charge in [-0.1, -0.05) is 24.3 Å². The van der Waals surface area contributed by atoms with Crippen molar-refractivity contribution < 1.29 is 14.3 Å². The molecule has 1 amide bonds. The van der Waals surface area contributed by atoms with E-state index in [0.717, 1.165) is 55.0 Å². The topological polar surface area (TPSA) is 99.7 Å². The summed E-state index contributed by atoms with van der Waals surface area (Å²) in [6, 6.07) is 19.2. The number of carbonyl (C=O) groups is 2. The molecular formula is C31H30N6O3. The number of aromatic nitrogens is 2. The fraction of sp³-hybridized carbons (Fsp3) is 0.226. The van der Waals surface area contributed by atoms with Crippen LogP contribution in [0, 0.1) is 0 Å². The van der Waals surface area contributed by atoms with Gasteiger partial charge in [-0.15, -0.1) is 0 Å². The maximum absolute atomic E-state index is 13.4. The van der Waals surface area contributed by atoms with Gasteiger partial charge in [-0.25, -0.2) is 4.79 Å². The number of nitrogens with zero attached hydrogens (tertiary/aromatic N) is 4. The molecule has 2 aliphatic rings. The van der Waals surface area contributed by atoms with Gasteiger partial charge in [-0.05, 0) is 49.0 Å². The number of hydrogen-bond donors (Lipinski definition) is 2. The van der Waals surface area contributed by atoms with Crippen LogP contribution in [0.25, 0.3) is 22.3 Å². The molecule has 0 spiro atoms. The second-order valence-corrected chi connectivity index (χ2v) is 10.1. The Labute approximate surface area is 232 Å². The van der Waals surface area contributed by atoms with Gasteiger partial charge in [-0.3, -0.25) is 19.7 Å². The number of ether oxygens (including phenoxy) is 1. The number of methoxy groups -OCH3 is 1. The van der Waals surface area contributed by atoms with Gasteiger partial charge >= 0.3 is 5.97 Å². The molecule has 1 saturated heterocycles. The molecule has 9 nitrogen and oxygen atoms in total. The number of rotatable bonds is 6. The van der Waals surface area contributed by atoms with E-state index in [1.54, 1.807) is 30.6 Å². The number of benzene rings is 3. The van der Waals surface area contributed by atoms with E-state index >= 15 is 0 Å². The van der Waals surface area contributed by atoms with Crippen molar-refractivity contribution in [1.29, 1.82) is 0 Å². The van der Waals surface area contributed by atoms with Gasteiger partial charge in [0.15, 0.2) is 0 Å². The average Bonchev–Trinajstić information content (AvgIpc) is 3.31. The first-order valence-electron chi connectivity index (χ1n) is 13.2. The molecular weight excluding hydrogens is 504 g/mol. The molecule has 1 fully saturated rings. The minimum atomic E-state index is -0.461. The van der Waals surface area contributed by atoms with Crippen LogP contribution < -0.4 is 10.6 Å². The molecule has 2 aliphatic heterocycles. The molecule has 0 bridgehead atoms. The largest absolute Gasteiger partial charge is 0.465 e. The zero-order valence-corrected chi connectivity index (χ0v) is 22.5. The van der Waals surface area contributed by atoms with Gasteiger partial charge in [0.25, 0.3) is 5.91 Å². The van der Waals surface area contributed by atoms with Crippen LogP contribution in [0.1, 0.15) is 27.0 Å². The van der Waals surface area contributed by atoms with Gasteiger partial charge in [0.05, 0.1) is 40.7 Å². The summed E-state index contributed by atoms with van der Waals surface area (Å²) in [6.45, 7) is 5.19. The van der Waals surface area contributed by atoms with Crippen molar-refractivity contribution >= 4 is 45.6 Å². The third kappa shape index (κ3) is 5.16. The average molecular weight is 535 g/mol. The smallest absolute Gasteiger partial charge is 0.337 e. The lowest BCUT2D eigenvalue weighted by Crippen LogP contribution is -2.43. The molecule has 0 radical (unpaired) electrons. The zero-order valence-electron chi connectivity index (χ0n) is 22.5. The number of anilines is 2. The molecule has 0 saturated carbocycles. The second kappa shape index (κ2) is 10.9. The summed E-state index contributed by atoms with van der Waals surface area (Å²) in [7, 11) is 3.49. The quantitative estimate of drug-likeness (QED) is 0.282. The zero-order chi connectivity index (χ0) is 27.6. The number of fused-ring (bicyclic) bond motifs is 2. The third-order valence-electron chi connectivity index (χ3n) is 7.42. The fourth-order valence-electron chi connectivity index (χ4n) is 5.17. The van der Waals surface area contributed by atoms with Crippen LogP contribution in [0.5, 0.6) is 0 Å². The highest BCUT2D eigenvalue weighted by Gasteiger charge is 2.29. The molecule has 40 heavy (non-hydrogen) atoms. The van der Waals surface area contributed by atoms with Crippen LogP contribution in [0.3, 0.4) is 0 Å². The second-order valence-electron chi connectivity index (χ2n) is 10.1. The Hall–Kier alpha value is -4.60. The summed E-state index contributed by atoms with van der Waals surface area (Å²) < 4.78 is 4.85. The van der Waals surface area contributed by atoms with Crippen LogP contribution in [0.15, 0.2) is 73.1 Å². The number of likely N-dealkylation sites (N-methyl/N-ethyl adjacent to an activating group) is 1. The van der Waals surface area contributed by atoms with Gasteiger partial charge in [0, 0.05) is 61.9 Å². The Morgan fingerprint density at radius 3 is 2.40 bits per heavy atom. The molecule has 9 heteroatoms. The van der Waals surface area contributed by atoms with Gasteiger partial charge in [-0.2, -0.15) is 0 Å². The maximum atomic E-state index is 13.4. The van der Waals surface area contributed by atoms with E-state index in [9.17, 15) is 9.59 Å². The highest BCUT2D eigenvalue weighted by molar-refractivity contribution is 6.37. The molecule has 2 N–H and O–H groups in total. The van der Waals surface area contributed by atoms with Crippen molar-refractivity contribution in [1.82, 2.24) is 19.8 Å². The number of esters is 1. The van der Waals surface area contributed by atoms with E-state index in [1.165, 1.54) is 12.7 Å². The summed E-state index contributed by atoms with van der Waals surface area (Å²) in [5.74, 6) is -0.719. The van der Waals surface area contributed by atoms with Crippen molar-refractivity contribution in [3.8, 4) is 0 Å². The summed E-state index contributed by atoms with van der Waals surface area (Å²) in [6.07, 6.45) is 3.31. The molecule has 3 aromatic carbocycles. The summed E-state index contributed by atoms with van der Waals surface area (Å²) in [4.78, 5) is 39.1. The SMILES string of the molecule is COC(=O)c1ccc2c(c1)NC(=O)C2=C(Nc1ccc(CN2CCN(C)CC2)cc1)c1ccc2nccnc2c1. The maximum Gasteiger partial charge on any atom is 0.337 e. The van der Waals surface area contributed by atoms with Crippen LogP contribution in [-0.4, -0.2) is 72.0 Å². The molecule has 1 aromatic heterocycles. The Kier molecular flexibility index (Phi) is 6.98. The van der Waals surface area contributed by atoms with Crippen molar-refractivity contribution in [3.05, 3.63) is 95.3 Å². The van der Waals surface area contributed by atoms with E-state index in [-0.39, 0.29) is 5.91 Å². The molecule has 6 rings (SSSR count). The molecule has 202 valence electrons. The number of amides is 1. The standard InChI is InChI=1S/C31H30N6O3/c1-36-13-15-37(16-14-36)19-20-3-7-23(8-4-20)34-29(21-6-10-25-27(17-21)33-12-11-32-25)28-24-9-5-22(31(39)40-2)18-26(24)35-30(28)38/h3-12,17-18,34H,13-16,19H2,1-2H3,(H,35,38). The number of nitrogens with one attached hydrogen (secondary N) is 2. The number of piperazine rings is 1. The first-order valence-corrected chi connectivity index (χ1v) is 13.2. The van der Waals surface area contributed by atoms with E-state index in [0.29, 0.717) is 28.1 Å². The fourth-order valence-corrected chi connectivity index (χ4v) is 5.17. The monoisotopic (exact) mass is 534 g/mol. The summed E-state index contributed by atoms with van der Waals surface area (Å²) >= 11 is 0. The van der Waals surface area contributed by atoms with E-state index in [2.05, 4.69) is 49.6 Å². The van der Waals surface area contributed by atoms with Crippen molar-refractivity contribution in [3.63, 3.8) is 0 Å². The lowest BCUT2D eigenvalue weighted by Gasteiger charge is -2.32. The summed E-state index contributed by atoms with van der Waals surface area (Å²) in [5.41, 5.74) is 7.14. The Morgan fingerprint density at radius 2 is 1.65 bits per heavy atom. The number of hydrogen-bond acceptors (Lipinski definition) is 8. The van der Waals surface area contributed by atoms with Gasteiger partial charge in [0.1, 0.15) is 0 Å². The molecule has 0 atom stereocenters. The first kappa shape index (κ1) is 25.7. The number of carbonyl (C=O) groups excluding carboxylic acids is 2. The van der Waals surface area contributed by atoms with Crippen molar-refractivity contribution in [2.24, 2.45) is 0 Å². The Bertz CT molecular complexity index is 1620. The first-order chi connectivity index (χ1) is 19.5. The molecule has 3 heterocycles. The summed E-state index contributed by atoms with van der Waals surface area (Å²) in [5, 5.41) is 6.43. The lowest BCUT2D eigenvalue weighted by molar-refractivity contribution is -0.110. The predicted octanol–water partition coefficient (Wildman–Crippen LogP) is 4.10. The minimum absolute atomic E-state index is 0.259. The van der Waals surface area contributed by atoms with Crippen molar-refractivity contribution in [2.75, 3.05) is 51.0 Å². The van der Waals surface area contributed by atoms with E-state index in [4.69, 9.17) is 4.74 Å². The third-order valence-corrected chi connectivity index (χ3v) is 7.42. The highest BCUT2D eigenvalue weighted by Crippen LogP contribution is 2.38. The van der Waals surface area contributed by atoms with Crippen LogP contribution in [-0.2, 0) is 16.1 Å². The molecule has 4 aromatic rings. The van der Waals surface area contributed by atoms with Gasteiger partial charge < -0.3 is 20.3 Å². The van der Waals surface area contributed by atoms with Crippen LogP contribution >= 0.6 is 0 Å². The Morgan fingerprint density at radius 1 is 0.925 bits per heavy atom. The van der Waals surface area contributed by atoms with E-state index in [1.807, 2.05) is 30.3 Å². The van der Waals surface area contributed by atoms with Crippen LogP contribution in [0.2, 0.25) is 0 Å². The highest BCUT2D eigenvalue weighted by atomic mass is 16.5. The van der Waals surface area contributed by atoms with E-state index < -0.39 is 5.97 Å². The van der Waals surface area contributed by atoms with Crippen molar-refractivity contribution in [2.45, 2.75) is 6.54 Å². The lowest BCUT2D eigenvalue weighted by atomic mass is 9.98. The molecule has 0 aliphatic carbocycles. The Balaban J connectivity index is 1.37. The predicted molar refractivity (Wildman–Crippen MR) is 156 cm³/mol. The molecule has 0 unspecified atom stereocenters. The van der Waals surface area contributed by atoms with Gasteiger partial charge in [0.2, 0.25) is 0 Å². The van der Waals surface area contributed by atoms with Crippen LogP contribution in [0.4, 0.5) is 11.4 Å².